The number of rotatable bonds is 4. The van der Waals surface area contributed by atoms with Crippen LogP contribution >= 0.6 is 0 Å². The third kappa shape index (κ3) is 2.82. The molecule has 2 aliphatic rings. The monoisotopic (exact) mass is 468 g/mol. The maximum Gasteiger partial charge on any atom is 0.415 e. The first-order valence-electron chi connectivity index (χ1n) is 8.09. The summed E-state index contributed by atoms with van der Waals surface area (Å²) >= 11 is 0. The molecule has 0 aromatic heterocycles. The van der Waals surface area contributed by atoms with E-state index in [9.17, 15) is 43.2 Å². The van der Waals surface area contributed by atoms with Crippen molar-refractivity contribution in [2.75, 3.05) is 13.2 Å². The highest BCUT2D eigenvalue weighted by molar-refractivity contribution is 8.10. The number of halogens is 6. The van der Waals surface area contributed by atoms with Crippen LogP contribution in [0.2, 0.25) is 0 Å². The Balaban J connectivity index is 2.04. The first-order chi connectivity index (χ1) is 13.2. The molecule has 164 valence electrons. The standard InChI is InChI=1S/C15H14F6O6S2/c16-13(17)14(18,19)28(22,23)11(29(24,25)15(13,20)21)6-7-12(26-8-9-27-12)10-4-2-1-3-5-10/h1-5,11H,6-9H2. The first-order valence-corrected chi connectivity index (χ1v) is 11.2. The summed E-state index contributed by atoms with van der Waals surface area (Å²) in [5.74, 6) is -8.43. The van der Waals surface area contributed by atoms with Gasteiger partial charge in [-0.1, -0.05) is 30.3 Å². The number of hydrogen-bond donors (Lipinski definition) is 0. The SMILES string of the molecule is O=S1(=O)C(CCC2(c3ccccc3)OCCO2)S(=O)(=O)C(F)(F)C(F)(F)C1(F)F. The molecule has 0 bridgehead atoms. The van der Waals surface area contributed by atoms with Gasteiger partial charge in [-0.2, -0.15) is 26.3 Å². The highest BCUT2D eigenvalue weighted by atomic mass is 32.3. The van der Waals surface area contributed by atoms with Crippen LogP contribution in [0, 0.1) is 0 Å². The van der Waals surface area contributed by atoms with Gasteiger partial charge in [0.05, 0.1) is 13.2 Å². The molecule has 6 nitrogen and oxygen atoms in total. The zero-order chi connectivity index (χ0) is 21.9. The average molecular weight is 468 g/mol. The predicted molar refractivity (Wildman–Crippen MR) is 85.7 cm³/mol. The number of hydrogen-bond acceptors (Lipinski definition) is 6. The van der Waals surface area contributed by atoms with Gasteiger partial charge in [0, 0.05) is 12.0 Å². The molecule has 0 amide bonds. The van der Waals surface area contributed by atoms with Crippen molar-refractivity contribution in [1.82, 2.24) is 0 Å². The van der Waals surface area contributed by atoms with Gasteiger partial charge in [-0.15, -0.1) is 0 Å². The maximum absolute atomic E-state index is 13.8. The molecule has 0 unspecified atom stereocenters. The van der Waals surface area contributed by atoms with E-state index in [0.717, 1.165) is 0 Å². The molecule has 0 aliphatic carbocycles. The van der Waals surface area contributed by atoms with Crippen molar-refractivity contribution in [3.63, 3.8) is 0 Å². The van der Waals surface area contributed by atoms with Gasteiger partial charge in [0.1, 0.15) is 0 Å². The third-order valence-corrected chi connectivity index (χ3v) is 10.1. The van der Waals surface area contributed by atoms with Crippen LogP contribution in [0.4, 0.5) is 26.3 Å². The smallest absolute Gasteiger partial charge is 0.343 e. The molecule has 3 rings (SSSR count). The zero-order valence-corrected chi connectivity index (χ0v) is 16.0. The fourth-order valence-electron chi connectivity index (χ4n) is 3.24. The van der Waals surface area contributed by atoms with Gasteiger partial charge in [0.25, 0.3) is 0 Å². The molecular weight excluding hydrogens is 454 g/mol. The van der Waals surface area contributed by atoms with E-state index in [1.807, 2.05) is 0 Å². The fourth-order valence-corrected chi connectivity index (χ4v) is 7.86. The van der Waals surface area contributed by atoms with Gasteiger partial charge >= 0.3 is 16.4 Å². The first kappa shape index (κ1) is 22.3. The summed E-state index contributed by atoms with van der Waals surface area (Å²) in [6.45, 7) is -0.0765. The molecule has 2 saturated heterocycles. The number of ether oxygens (including phenoxy) is 2. The van der Waals surface area contributed by atoms with Crippen molar-refractivity contribution in [1.29, 1.82) is 0 Å². The molecule has 0 N–H and O–H groups in total. The van der Waals surface area contributed by atoms with Gasteiger partial charge in [-0.3, -0.25) is 0 Å². The molecule has 0 spiro atoms. The van der Waals surface area contributed by atoms with Crippen molar-refractivity contribution in [2.24, 2.45) is 0 Å². The molecule has 2 fully saturated rings. The predicted octanol–water partition coefficient (Wildman–Crippen LogP) is 2.66. The lowest BCUT2D eigenvalue weighted by Gasteiger charge is -2.40. The van der Waals surface area contributed by atoms with E-state index in [4.69, 9.17) is 9.47 Å². The molecule has 0 radical (unpaired) electrons. The van der Waals surface area contributed by atoms with Crippen molar-refractivity contribution in [2.45, 2.75) is 39.6 Å². The number of sulfone groups is 2. The van der Waals surface area contributed by atoms with Crippen molar-refractivity contribution in [3.05, 3.63) is 35.9 Å². The second-order valence-electron chi connectivity index (χ2n) is 6.48. The van der Waals surface area contributed by atoms with Crippen LogP contribution in [-0.2, 0) is 34.9 Å². The van der Waals surface area contributed by atoms with Gasteiger partial charge in [-0.05, 0) is 6.42 Å². The second kappa shape index (κ2) is 6.56. The van der Waals surface area contributed by atoms with Crippen LogP contribution in [0.25, 0.3) is 0 Å². The summed E-state index contributed by atoms with van der Waals surface area (Å²) in [5, 5.41) is -12.6. The Kier molecular flexibility index (Phi) is 5.04. The van der Waals surface area contributed by atoms with E-state index in [1.165, 1.54) is 24.3 Å². The summed E-state index contributed by atoms with van der Waals surface area (Å²) in [5.41, 5.74) is 0.243. The topological polar surface area (TPSA) is 86.7 Å². The van der Waals surface area contributed by atoms with E-state index in [1.54, 1.807) is 6.07 Å². The van der Waals surface area contributed by atoms with Crippen LogP contribution in [0.1, 0.15) is 18.4 Å². The largest absolute Gasteiger partial charge is 0.415 e. The quantitative estimate of drug-likeness (QED) is 0.632. The minimum Gasteiger partial charge on any atom is -0.343 e. The van der Waals surface area contributed by atoms with E-state index < -0.39 is 59.3 Å². The van der Waals surface area contributed by atoms with Crippen molar-refractivity contribution < 1.29 is 52.7 Å². The lowest BCUT2D eigenvalue weighted by atomic mass is 10.0. The van der Waals surface area contributed by atoms with Crippen LogP contribution in [0.3, 0.4) is 0 Å². The molecule has 14 heteroatoms. The highest BCUT2D eigenvalue weighted by Crippen LogP contribution is 2.58. The van der Waals surface area contributed by atoms with E-state index in [-0.39, 0.29) is 18.8 Å². The Hall–Kier alpha value is -1.38. The van der Waals surface area contributed by atoms with Crippen molar-refractivity contribution in [3.8, 4) is 0 Å². The Bertz CT molecular complexity index is 939. The normalized spacial score (nSPS) is 28.8. The number of alkyl halides is 6. The third-order valence-electron chi connectivity index (χ3n) is 4.81. The molecule has 2 heterocycles. The second-order valence-corrected chi connectivity index (χ2v) is 11.1. The van der Waals surface area contributed by atoms with Crippen LogP contribution in [0.5, 0.6) is 0 Å². The summed E-state index contributed by atoms with van der Waals surface area (Å²) in [4.78, 5) is 0. The highest BCUT2D eigenvalue weighted by Gasteiger charge is 2.88. The van der Waals surface area contributed by atoms with E-state index >= 15 is 0 Å². The molecule has 0 atom stereocenters. The van der Waals surface area contributed by atoms with Crippen LogP contribution < -0.4 is 0 Å². The molecule has 29 heavy (non-hydrogen) atoms. The summed E-state index contributed by atoms with van der Waals surface area (Å²) in [7, 11) is -13.1. The van der Waals surface area contributed by atoms with Crippen molar-refractivity contribution >= 4 is 19.7 Å². The molecular formula is C15H14F6O6S2. The Morgan fingerprint density at radius 3 is 1.72 bits per heavy atom. The summed E-state index contributed by atoms with van der Waals surface area (Å²) in [6.07, 6.45) is -2.14. The van der Waals surface area contributed by atoms with Gasteiger partial charge < -0.3 is 9.47 Å². The lowest BCUT2D eigenvalue weighted by Crippen LogP contribution is -2.69. The van der Waals surface area contributed by atoms with E-state index in [0.29, 0.717) is 0 Å². The zero-order valence-electron chi connectivity index (χ0n) is 14.3. The molecule has 2 aliphatic heterocycles. The van der Waals surface area contributed by atoms with Crippen LogP contribution in [0.15, 0.2) is 30.3 Å². The Morgan fingerprint density at radius 2 is 1.28 bits per heavy atom. The van der Waals surface area contributed by atoms with Gasteiger partial charge in [-0.25, -0.2) is 16.8 Å². The Morgan fingerprint density at radius 1 is 0.828 bits per heavy atom. The van der Waals surface area contributed by atoms with Gasteiger partial charge in [0.15, 0.2) is 10.4 Å². The molecule has 1 aromatic carbocycles. The summed E-state index contributed by atoms with van der Waals surface area (Å²) in [6, 6.07) is 7.49. The molecule has 1 aromatic rings. The maximum atomic E-state index is 13.8. The van der Waals surface area contributed by atoms with Crippen LogP contribution in [-0.4, -0.2) is 51.1 Å². The fraction of sp³-hybridized carbons (Fsp3) is 0.600. The van der Waals surface area contributed by atoms with Gasteiger partial charge in [0.2, 0.25) is 19.7 Å². The summed E-state index contributed by atoms with van der Waals surface area (Å²) < 4.78 is 137. The lowest BCUT2D eigenvalue weighted by molar-refractivity contribution is -0.246. The van der Waals surface area contributed by atoms with E-state index in [2.05, 4.69) is 0 Å². The number of benzene rings is 1. The molecule has 0 saturated carbocycles. The average Bonchev–Trinajstić information content (AvgIpc) is 3.11. The minimum atomic E-state index is -6.63. The Labute approximate surface area is 161 Å². The minimum absolute atomic E-state index is 0.0382.